The van der Waals surface area contributed by atoms with Gasteiger partial charge in [-0.3, -0.25) is 4.79 Å². The van der Waals surface area contributed by atoms with Crippen LogP contribution >= 0.6 is 23.2 Å². The van der Waals surface area contributed by atoms with Crippen molar-refractivity contribution in [3.05, 3.63) is 54.1 Å². The van der Waals surface area contributed by atoms with E-state index in [1.807, 2.05) is 37.3 Å². The average Bonchev–Trinajstić information content (AvgIpc) is 2.74. The standard InChI is InChI=1S/C21H25Cl2N3O4/c1-3-29-12-11-26(20(27)19(22)23)14-15-9-10-16(25-21(28)24-2)13-18(15)30-17-7-5-4-6-8-17/h4-10,13,19H,3,11-12,14H2,1-2H3,(H2,24,25,28). The molecule has 0 saturated heterocycles. The van der Waals surface area contributed by atoms with Crippen molar-refractivity contribution in [3.8, 4) is 11.5 Å². The number of ether oxygens (including phenoxy) is 2. The van der Waals surface area contributed by atoms with E-state index >= 15 is 0 Å². The van der Waals surface area contributed by atoms with Gasteiger partial charge in [-0.05, 0) is 25.1 Å². The topological polar surface area (TPSA) is 79.9 Å². The summed E-state index contributed by atoms with van der Waals surface area (Å²) in [6, 6.07) is 14.1. The highest BCUT2D eigenvalue weighted by Crippen LogP contribution is 2.30. The Hall–Kier alpha value is -2.48. The van der Waals surface area contributed by atoms with E-state index < -0.39 is 10.7 Å². The summed E-state index contributed by atoms with van der Waals surface area (Å²) in [5, 5.41) is 5.21. The molecule has 0 atom stereocenters. The zero-order valence-corrected chi connectivity index (χ0v) is 18.4. The molecule has 9 heteroatoms. The molecule has 0 aromatic heterocycles. The normalized spacial score (nSPS) is 10.6. The second kappa shape index (κ2) is 12.3. The minimum Gasteiger partial charge on any atom is -0.457 e. The molecular weight excluding hydrogens is 429 g/mol. The zero-order chi connectivity index (χ0) is 21.9. The summed E-state index contributed by atoms with van der Waals surface area (Å²) in [7, 11) is 1.53. The van der Waals surface area contributed by atoms with E-state index in [4.69, 9.17) is 32.7 Å². The second-order valence-corrected chi connectivity index (χ2v) is 7.30. The number of carbonyl (C=O) groups is 2. The van der Waals surface area contributed by atoms with Gasteiger partial charge in [-0.15, -0.1) is 0 Å². The van der Waals surface area contributed by atoms with Crippen LogP contribution in [0.1, 0.15) is 12.5 Å². The third kappa shape index (κ3) is 7.40. The highest BCUT2D eigenvalue weighted by atomic mass is 35.5. The van der Waals surface area contributed by atoms with Crippen molar-refractivity contribution in [3.63, 3.8) is 0 Å². The molecule has 2 rings (SSSR count). The summed E-state index contributed by atoms with van der Waals surface area (Å²) in [5.74, 6) is 0.692. The first kappa shape index (κ1) is 23.8. The first-order chi connectivity index (χ1) is 14.4. The Bertz CT molecular complexity index is 834. The Morgan fingerprint density at radius 3 is 2.50 bits per heavy atom. The van der Waals surface area contributed by atoms with Gasteiger partial charge in [-0.2, -0.15) is 0 Å². The molecule has 3 amide bonds. The number of nitrogens with zero attached hydrogens (tertiary/aromatic N) is 1. The summed E-state index contributed by atoms with van der Waals surface area (Å²) >= 11 is 11.6. The van der Waals surface area contributed by atoms with Crippen molar-refractivity contribution >= 4 is 40.8 Å². The Kier molecular flexibility index (Phi) is 9.73. The van der Waals surface area contributed by atoms with E-state index in [1.165, 1.54) is 11.9 Å². The molecule has 0 saturated carbocycles. The number of carbonyl (C=O) groups excluding carboxylic acids is 2. The maximum atomic E-state index is 12.5. The van der Waals surface area contributed by atoms with Crippen molar-refractivity contribution in [1.29, 1.82) is 0 Å². The van der Waals surface area contributed by atoms with Crippen molar-refractivity contribution in [1.82, 2.24) is 10.2 Å². The number of rotatable bonds is 10. The third-order valence-electron chi connectivity index (χ3n) is 4.09. The largest absolute Gasteiger partial charge is 0.457 e. The molecule has 2 aromatic carbocycles. The SMILES string of the molecule is CCOCCN(Cc1ccc(NC(=O)NC)cc1Oc1ccccc1)C(=O)C(Cl)Cl. The van der Waals surface area contributed by atoms with Crippen LogP contribution in [0, 0.1) is 0 Å². The number of alkyl halides is 2. The minimum absolute atomic E-state index is 0.213. The van der Waals surface area contributed by atoms with E-state index in [2.05, 4.69) is 10.6 Å². The average molecular weight is 454 g/mol. The van der Waals surface area contributed by atoms with E-state index in [1.54, 1.807) is 18.2 Å². The highest BCUT2D eigenvalue weighted by Gasteiger charge is 2.22. The molecule has 30 heavy (non-hydrogen) atoms. The molecule has 0 fully saturated rings. The van der Waals surface area contributed by atoms with Gasteiger partial charge in [0.15, 0.2) is 4.84 Å². The van der Waals surface area contributed by atoms with E-state index in [0.717, 1.165) is 5.56 Å². The van der Waals surface area contributed by atoms with Crippen molar-refractivity contribution in [2.24, 2.45) is 0 Å². The molecule has 2 aromatic rings. The monoisotopic (exact) mass is 453 g/mol. The molecular formula is C21H25Cl2N3O4. The first-order valence-electron chi connectivity index (χ1n) is 9.43. The number of nitrogens with one attached hydrogen (secondary N) is 2. The molecule has 0 aliphatic heterocycles. The van der Waals surface area contributed by atoms with Crippen LogP contribution in [0.15, 0.2) is 48.5 Å². The Balaban J connectivity index is 2.32. The number of anilines is 1. The van der Waals surface area contributed by atoms with Gasteiger partial charge in [0.25, 0.3) is 5.91 Å². The molecule has 7 nitrogen and oxygen atoms in total. The number of benzene rings is 2. The van der Waals surface area contributed by atoms with Crippen LogP contribution < -0.4 is 15.4 Å². The summed E-state index contributed by atoms with van der Waals surface area (Å²) in [6.45, 7) is 3.31. The summed E-state index contributed by atoms with van der Waals surface area (Å²) in [4.78, 5) is 24.5. The van der Waals surface area contributed by atoms with Gasteiger partial charge in [0.1, 0.15) is 11.5 Å². The lowest BCUT2D eigenvalue weighted by Crippen LogP contribution is -2.37. The Morgan fingerprint density at radius 1 is 1.13 bits per heavy atom. The predicted molar refractivity (Wildman–Crippen MR) is 118 cm³/mol. The summed E-state index contributed by atoms with van der Waals surface area (Å²) in [6.07, 6.45) is 0. The van der Waals surface area contributed by atoms with E-state index in [0.29, 0.717) is 36.9 Å². The van der Waals surface area contributed by atoms with Crippen LogP contribution in [0.5, 0.6) is 11.5 Å². The van der Waals surface area contributed by atoms with Gasteiger partial charge in [0.2, 0.25) is 0 Å². The smallest absolute Gasteiger partial charge is 0.318 e. The van der Waals surface area contributed by atoms with Crippen LogP contribution in [0.3, 0.4) is 0 Å². The fourth-order valence-corrected chi connectivity index (χ4v) is 2.87. The quantitative estimate of drug-likeness (QED) is 0.412. The van der Waals surface area contributed by atoms with Gasteiger partial charge in [0, 0.05) is 44.1 Å². The number of hydrogen-bond acceptors (Lipinski definition) is 4. The lowest BCUT2D eigenvalue weighted by Gasteiger charge is -2.24. The predicted octanol–water partition coefficient (Wildman–Crippen LogP) is 4.40. The van der Waals surface area contributed by atoms with Gasteiger partial charge < -0.3 is 25.0 Å². The molecule has 2 N–H and O–H groups in total. The highest BCUT2D eigenvalue weighted by molar-refractivity contribution is 6.53. The molecule has 0 unspecified atom stereocenters. The number of halogens is 2. The van der Waals surface area contributed by atoms with Crippen molar-refractivity contribution < 1.29 is 19.1 Å². The molecule has 162 valence electrons. The number of para-hydroxylation sites is 1. The van der Waals surface area contributed by atoms with Crippen molar-refractivity contribution in [2.75, 3.05) is 32.1 Å². The fraction of sp³-hybridized carbons (Fsp3) is 0.333. The van der Waals surface area contributed by atoms with Gasteiger partial charge in [0.05, 0.1) is 6.61 Å². The second-order valence-electron chi connectivity index (χ2n) is 6.20. The maximum Gasteiger partial charge on any atom is 0.318 e. The fourth-order valence-electron chi connectivity index (χ4n) is 2.60. The molecule has 0 bridgehead atoms. The van der Waals surface area contributed by atoms with E-state index in [-0.39, 0.29) is 12.6 Å². The molecule has 0 heterocycles. The maximum absolute atomic E-state index is 12.5. The Labute approximate surface area is 186 Å². The van der Waals surface area contributed by atoms with Gasteiger partial charge in [-0.1, -0.05) is 47.5 Å². The molecule has 0 spiro atoms. The molecule has 0 aliphatic rings. The van der Waals surface area contributed by atoms with Crippen LogP contribution in [-0.2, 0) is 16.1 Å². The van der Waals surface area contributed by atoms with Crippen LogP contribution in [0.25, 0.3) is 0 Å². The minimum atomic E-state index is -1.18. The third-order valence-corrected chi connectivity index (χ3v) is 4.47. The van der Waals surface area contributed by atoms with Gasteiger partial charge >= 0.3 is 6.03 Å². The van der Waals surface area contributed by atoms with Crippen LogP contribution in [-0.4, -0.2) is 48.5 Å². The van der Waals surface area contributed by atoms with Crippen LogP contribution in [0.4, 0.5) is 10.5 Å². The lowest BCUT2D eigenvalue weighted by molar-refractivity contribution is -0.130. The number of amides is 3. The number of urea groups is 1. The van der Waals surface area contributed by atoms with Crippen LogP contribution in [0.2, 0.25) is 0 Å². The molecule has 0 radical (unpaired) electrons. The first-order valence-corrected chi connectivity index (χ1v) is 10.3. The molecule has 0 aliphatic carbocycles. The Morgan fingerprint density at radius 2 is 1.87 bits per heavy atom. The summed E-state index contributed by atoms with van der Waals surface area (Å²) in [5.41, 5.74) is 1.27. The van der Waals surface area contributed by atoms with E-state index in [9.17, 15) is 9.59 Å². The lowest BCUT2D eigenvalue weighted by atomic mass is 10.1. The summed E-state index contributed by atoms with van der Waals surface area (Å²) < 4.78 is 11.4. The van der Waals surface area contributed by atoms with Gasteiger partial charge in [-0.25, -0.2) is 4.79 Å². The van der Waals surface area contributed by atoms with Crippen molar-refractivity contribution in [2.45, 2.75) is 18.3 Å². The number of hydrogen-bond donors (Lipinski definition) is 2. The zero-order valence-electron chi connectivity index (χ0n) is 16.9.